The first kappa shape index (κ1) is 22.7. The van der Waals surface area contributed by atoms with E-state index in [1.165, 1.54) is 0 Å². The molecule has 0 radical (unpaired) electrons. The van der Waals surface area contributed by atoms with Gasteiger partial charge >= 0.3 is 6.03 Å². The van der Waals surface area contributed by atoms with Crippen molar-refractivity contribution in [1.29, 1.82) is 0 Å². The monoisotopic (exact) mass is 442 g/mol. The van der Waals surface area contributed by atoms with Crippen molar-refractivity contribution < 1.29 is 29.2 Å². The number of carbonyl (C=O) groups excluding carboxylic acids is 1. The van der Waals surface area contributed by atoms with Crippen LogP contribution in [0, 0.1) is 0 Å². The second-order valence-corrected chi connectivity index (χ2v) is 8.76. The predicted molar refractivity (Wildman–Crippen MR) is 116 cm³/mol. The summed E-state index contributed by atoms with van der Waals surface area (Å²) < 4.78 is 17.7. The molecule has 2 fully saturated rings. The number of fused-ring (bicyclic) bond motifs is 1. The number of ether oxygens (including phenoxy) is 3. The number of nitrogens with one attached hydrogen (secondary N) is 2. The molecule has 4 rings (SSSR count). The molecule has 0 aromatic heterocycles. The van der Waals surface area contributed by atoms with Gasteiger partial charge in [0.25, 0.3) is 0 Å². The van der Waals surface area contributed by atoms with E-state index < -0.39 is 41.8 Å². The molecule has 8 nitrogen and oxygen atoms in total. The molecule has 0 unspecified atom stereocenters. The van der Waals surface area contributed by atoms with Gasteiger partial charge < -0.3 is 35.1 Å². The van der Waals surface area contributed by atoms with Crippen molar-refractivity contribution in [3.05, 3.63) is 71.8 Å². The van der Waals surface area contributed by atoms with Gasteiger partial charge in [-0.1, -0.05) is 60.7 Å². The number of aliphatic hydroxyl groups excluding tert-OH is 1. The summed E-state index contributed by atoms with van der Waals surface area (Å²) in [7, 11) is 0. The highest BCUT2D eigenvalue weighted by Gasteiger charge is 2.65. The zero-order chi connectivity index (χ0) is 22.8. The standard InChI is InChI=1S/C24H30N2O6/c1-23(2)31-15-24(29)20(26-22(28)25-13-16-9-5-3-6-10-16)18(27)19(21(24)32-23)30-14-17-11-7-4-8-12-17/h3-12,18-21,27,29H,13-15H2,1-2H3,(H2,25,26,28)/t18-,19+,20+,21-,24-/m0/s1. The van der Waals surface area contributed by atoms with E-state index in [4.69, 9.17) is 14.2 Å². The predicted octanol–water partition coefficient (Wildman–Crippen LogP) is 1.70. The summed E-state index contributed by atoms with van der Waals surface area (Å²) in [4.78, 5) is 12.6. The molecule has 4 N–H and O–H groups in total. The second kappa shape index (κ2) is 9.17. The molecule has 1 saturated carbocycles. The lowest BCUT2D eigenvalue weighted by Gasteiger charge is -2.45. The number of rotatable bonds is 6. The van der Waals surface area contributed by atoms with Crippen LogP contribution in [0.25, 0.3) is 0 Å². The molecule has 0 bridgehead atoms. The second-order valence-electron chi connectivity index (χ2n) is 8.76. The van der Waals surface area contributed by atoms with E-state index in [0.717, 1.165) is 11.1 Å². The van der Waals surface area contributed by atoms with Gasteiger partial charge in [-0.25, -0.2) is 4.79 Å². The molecular weight excluding hydrogens is 412 g/mol. The number of hydrogen-bond donors (Lipinski definition) is 4. The van der Waals surface area contributed by atoms with Crippen LogP contribution in [0.15, 0.2) is 60.7 Å². The summed E-state index contributed by atoms with van der Waals surface area (Å²) in [5, 5.41) is 28.0. The maximum absolute atomic E-state index is 12.6. The van der Waals surface area contributed by atoms with E-state index in [9.17, 15) is 15.0 Å². The average molecular weight is 443 g/mol. The zero-order valence-electron chi connectivity index (χ0n) is 18.2. The van der Waals surface area contributed by atoms with E-state index in [1.54, 1.807) is 13.8 Å². The largest absolute Gasteiger partial charge is 0.388 e. The van der Waals surface area contributed by atoms with Crippen LogP contribution in [0.3, 0.4) is 0 Å². The Hall–Kier alpha value is -2.49. The SMILES string of the molecule is CC1(C)OC[C@]2(O)[C@H](NC(=O)NCc3ccccc3)[C@@H](O)[C@@H](OCc3ccccc3)[C@@H]2O1. The molecule has 2 aromatic carbocycles. The minimum Gasteiger partial charge on any atom is -0.388 e. The molecule has 2 amide bonds. The molecular formula is C24H30N2O6. The molecule has 2 aliphatic rings. The number of carbonyl (C=O) groups is 1. The Morgan fingerprint density at radius 1 is 1.09 bits per heavy atom. The fourth-order valence-electron chi connectivity index (χ4n) is 4.23. The number of hydrogen-bond acceptors (Lipinski definition) is 6. The first-order chi connectivity index (χ1) is 15.3. The third-order valence-corrected chi connectivity index (χ3v) is 5.94. The highest BCUT2D eigenvalue weighted by atomic mass is 16.7. The fourth-order valence-corrected chi connectivity index (χ4v) is 4.23. The first-order valence-corrected chi connectivity index (χ1v) is 10.7. The molecule has 0 spiro atoms. The van der Waals surface area contributed by atoms with Crippen molar-refractivity contribution >= 4 is 6.03 Å². The van der Waals surface area contributed by atoms with Crippen LogP contribution in [0.5, 0.6) is 0 Å². The van der Waals surface area contributed by atoms with Crippen LogP contribution < -0.4 is 10.6 Å². The summed E-state index contributed by atoms with van der Waals surface area (Å²) >= 11 is 0. The molecule has 1 aliphatic heterocycles. The van der Waals surface area contributed by atoms with Crippen molar-refractivity contribution in [2.24, 2.45) is 0 Å². The van der Waals surface area contributed by atoms with Crippen LogP contribution in [-0.2, 0) is 27.4 Å². The molecule has 1 heterocycles. The summed E-state index contributed by atoms with van der Waals surface area (Å²) in [5.41, 5.74) is 0.202. The smallest absolute Gasteiger partial charge is 0.315 e. The summed E-state index contributed by atoms with van der Waals surface area (Å²) in [6.45, 7) is 3.90. The maximum Gasteiger partial charge on any atom is 0.315 e. The molecule has 172 valence electrons. The van der Waals surface area contributed by atoms with Gasteiger partial charge in [0.15, 0.2) is 5.79 Å². The van der Waals surface area contributed by atoms with Crippen LogP contribution in [0.1, 0.15) is 25.0 Å². The minimum absolute atomic E-state index is 0.115. The number of benzene rings is 2. The van der Waals surface area contributed by atoms with Crippen LogP contribution in [0.2, 0.25) is 0 Å². The van der Waals surface area contributed by atoms with Crippen molar-refractivity contribution in [3.8, 4) is 0 Å². The molecule has 1 aliphatic carbocycles. The normalized spacial score (nSPS) is 31.0. The molecule has 5 atom stereocenters. The maximum atomic E-state index is 12.6. The lowest BCUT2D eigenvalue weighted by Crippen LogP contribution is -2.65. The van der Waals surface area contributed by atoms with Gasteiger partial charge in [-0.3, -0.25) is 0 Å². The van der Waals surface area contributed by atoms with Gasteiger partial charge in [0.2, 0.25) is 0 Å². The Labute approximate surface area is 187 Å². The van der Waals surface area contributed by atoms with Gasteiger partial charge in [0.1, 0.15) is 23.9 Å². The topological polar surface area (TPSA) is 109 Å². The Morgan fingerprint density at radius 3 is 2.38 bits per heavy atom. The van der Waals surface area contributed by atoms with Crippen molar-refractivity contribution in [2.75, 3.05) is 6.61 Å². The molecule has 1 saturated heterocycles. The highest BCUT2D eigenvalue weighted by molar-refractivity contribution is 5.74. The molecule has 32 heavy (non-hydrogen) atoms. The van der Waals surface area contributed by atoms with Crippen LogP contribution in [-0.4, -0.2) is 58.6 Å². The van der Waals surface area contributed by atoms with E-state index in [1.807, 2.05) is 60.7 Å². The third kappa shape index (κ3) is 4.79. The Bertz CT molecular complexity index is 909. The highest BCUT2D eigenvalue weighted by Crippen LogP contribution is 2.42. The fraction of sp³-hybridized carbons (Fsp3) is 0.458. The lowest BCUT2D eigenvalue weighted by molar-refractivity contribution is -0.340. The Balaban J connectivity index is 1.47. The summed E-state index contributed by atoms with van der Waals surface area (Å²) in [5.74, 6) is -0.963. The van der Waals surface area contributed by atoms with E-state index in [0.29, 0.717) is 6.54 Å². The van der Waals surface area contributed by atoms with Gasteiger partial charge in [0.05, 0.1) is 19.3 Å². The molecule has 8 heteroatoms. The number of amides is 2. The Kier molecular flexibility index (Phi) is 6.50. The van der Waals surface area contributed by atoms with Crippen molar-refractivity contribution in [3.63, 3.8) is 0 Å². The zero-order valence-corrected chi connectivity index (χ0v) is 18.2. The van der Waals surface area contributed by atoms with E-state index in [2.05, 4.69) is 10.6 Å². The lowest BCUT2D eigenvalue weighted by atomic mass is 9.94. The number of urea groups is 1. The van der Waals surface area contributed by atoms with Crippen molar-refractivity contribution in [2.45, 2.75) is 62.7 Å². The quantitative estimate of drug-likeness (QED) is 0.542. The van der Waals surface area contributed by atoms with Gasteiger partial charge in [-0.2, -0.15) is 0 Å². The first-order valence-electron chi connectivity index (χ1n) is 10.7. The van der Waals surface area contributed by atoms with Crippen LogP contribution >= 0.6 is 0 Å². The minimum atomic E-state index is -1.65. The number of aliphatic hydroxyl groups is 2. The summed E-state index contributed by atoms with van der Waals surface area (Å²) in [6.07, 6.45) is -2.94. The Morgan fingerprint density at radius 2 is 1.72 bits per heavy atom. The summed E-state index contributed by atoms with van der Waals surface area (Å²) in [6, 6.07) is 17.4. The van der Waals surface area contributed by atoms with Gasteiger partial charge in [0, 0.05) is 6.54 Å². The van der Waals surface area contributed by atoms with E-state index in [-0.39, 0.29) is 13.2 Å². The third-order valence-electron chi connectivity index (χ3n) is 5.94. The van der Waals surface area contributed by atoms with E-state index >= 15 is 0 Å². The average Bonchev–Trinajstić information content (AvgIpc) is 2.98. The van der Waals surface area contributed by atoms with Crippen LogP contribution in [0.4, 0.5) is 4.79 Å². The molecule has 2 aromatic rings. The van der Waals surface area contributed by atoms with Gasteiger partial charge in [-0.05, 0) is 25.0 Å². The van der Waals surface area contributed by atoms with Gasteiger partial charge in [-0.15, -0.1) is 0 Å². The van der Waals surface area contributed by atoms with Crippen molar-refractivity contribution in [1.82, 2.24) is 10.6 Å².